The van der Waals surface area contributed by atoms with Crippen LogP contribution in [0.25, 0.3) is 0 Å². The molecular weight excluding hydrogens is 278 g/mol. The van der Waals surface area contributed by atoms with Crippen LogP contribution < -0.4 is 16.4 Å². The van der Waals surface area contributed by atoms with Gasteiger partial charge in [0.05, 0.1) is 6.04 Å². The lowest BCUT2D eigenvalue weighted by Gasteiger charge is -2.25. The number of benzene rings is 1. The molecule has 4 N–H and O–H groups in total. The van der Waals surface area contributed by atoms with Gasteiger partial charge in [-0.05, 0) is 49.9 Å². The molecule has 0 saturated carbocycles. The molecule has 1 rings (SSSR count). The lowest BCUT2D eigenvalue weighted by Crippen LogP contribution is -2.45. The molecule has 1 aromatic carbocycles. The van der Waals surface area contributed by atoms with Crippen molar-refractivity contribution in [2.75, 3.05) is 5.32 Å². The van der Waals surface area contributed by atoms with Gasteiger partial charge in [0.25, 0.3) is 5.91 Å². The van der Waals surface area contributed by atoms with Crippen molar-refractivity contribution in [3.05, 3.63) is 29.3 Å². The first kappa shape index (κ1) is 18.2. The van der Waals surface area contributed by atoms with Crippen LogP contribution >= 0.6 is 0 Å². The van der Waals surface area contributed by atoms with Crippen molar-refractivity contribution >= 4 is 17.5 Å². The largest absolute Gasteiger partial charge is 0.350 e. The van der Waals surface area contributed by atoms with Crippen LogP contribution in [0.5, 0.6) is 0 Å². The summed E-state index contributed by atoms with van der Waals surface area (Å²) >= 11 is 0. The van der Waals surface area contributed by atoms with E-state index in [4.69, 9.17) is 5.73 Å². The molecule has 5 nitrogen and oxygen atoms in total. The van der Waals surface area contributed by atoms with E-state index in [-0.39, 0.29) is 23.3 Å². The minimum absolute atomic E-state index is 0.0797. The van der Waals surface area contributed by atoms with Gasteiger partial charge in [0.2, 0.25) is 5.91 Å². The Morgan fingerprint density at radius 3 is 2.23 bits per heavy atom. The molecule has 0 aliphatic carbocycles. The summed E-state index contributed by atoms with van der Waals surface area (Å²) in [5.74, 6) is -0.344. The lowest BCUT2D eigenvalue weighted by molar-refractivity contribution is -0.119. The van der Waals surface area contributed by atoms with Crippen molar-refractivity contribution < 1.29 is 9.59 Å². The van der Waals surface area contributed by atoms with Gasteiger partial charge in [-0.15, -0.1) is 0 Å². The van der Waals surface area contributed by atoms with Crippen molar-refractivity contribution in [1.82, 2.24) is 5.32 Å². The molecule has 2 amide bonds. The quantitative estimate of drug-likeness (QED) is 0.799. The van der Waals surface area contributed by atoms with Crippen molar-refractivity contribution in [2.45, 2.75) is 53.6 Å². The number of nitrogens with two attached hydrogens (primary N) is 1. The second-order valence-corrected chi connectivity index (χ2v) is 6.99. The third-order valence-electron chi connectivity index (χ3n) is 3.37. The predicted octanol–water partition coefficient (Wildman–Crippen LogP) is 2.45. The van der Waals surface area contributed by atoms with Crippen LogP contribution in [-0.4, -0.2) is 23.9 Å². The van der Waals surface area contributed by atoms with E-state index in [2.05, 4.69) is 10.6 Å². The van der Waals surface area contributed by atoms with E-state index in [1.54, 1.807) is 18.2 Å². The van der Waals surface area contributed by atoms with E-state index < -0.39 is 6.04 Å². The van der Waals surface area contributed by atoms with Crippen molar-refractivity contribution in [3.8, 4) is 0 Å². The van der Waals surface area contributed by atoms with Crippen LogP contribution in [0, 0.1) is 12.3 Å². The first-order chi connectivity index (χ1) is 10.0. The van der Waals surface area contributed by atoms with Crippen LogP contribution in [0.15, 0.2) is 18.2 Å². The zero-order valence-corrected chi connectivity index (χ0v) is 14.3. The number of aryl methyl sites for hydroxylation is 1. The second kappa shape index (κ2) is 6.92. The number of amides is 2. The summed E-state index contributed by atoms with van der Waals surface area (Å²) in [5.41, 5.74) is 7.68. The molecular formula is C17H27N3O2. The highest BCUT2D eigenvalue weighted by atomic mass is 16.2. The molecule has 0 fully saturated rings. The number of hydrogen-bond acceptors (Lipinski definition) is 3. The molecule has 0 radical (unpaired) electrons. The monoisotopic (exact) mass is 305 g/mol. The lowest BCUT2D eigenvalue weighted by atomic mass is 9.87. The van der Waals surface area contributed by atoms with Gasteiger partial charge in [-0.1, -0.05) is 20.8 Å². The Hall–Kier alpha value is -1.88. The summed E-state index contributed by atoms with van der Waals surface area (Å²) in [6.45, 7) is 11.4. The molecule has 0 aliphatic heterocycles. The third-order valence-corrected chi connectivity index (χ3v) is 3.37. The van der Waals surface area contributed by atoms with E-state index in [9.17, 15) is 9.59 Å². The maximum atomic E-state index is 12.1. The highest BCUT2D eigenvalue weighted by Crippen LogP contribution is 2.20. The zero-order valence-electron chi connectivity index (χ0n) is 14.3. The van der Waals surface area contributed by atoms with Crippen LogP contribution in [-0.2, 0) is 4.79 Å². The molecule has 0 aliphatic rings. The van der Waals surface area contributed by atoms with Gasteiger partial charge in [-0.3, -0.25) is 9.59 Å². The topological polar surface area (TPSA) is 84.2 Å². The van der Waals surface area contributed by atoms with Gasteiger partial charge in [0.1, 0.15) is 0 Å². The summed E-state index contributed by atoms with van der Waals surface area (Å²) < 4.78 is 0. The average Bonchev–Trinajstić information content (AvgIpc) is 2.35. The molecule has 0 heterocycles. The van der Waals surface area contributed by atoms with E-state index in [0.717, 1.165) is 5.56 Å². The Labute approximate surface area is 132 Å². The van der Waals surface area contributed by atoms with Gasteiger partial charge in [0, 0.05) is 17.3 Å². The van der Waals surface area contributed by atoms with Crippen LogP contribution in [0.1, 0.15) is 50.5 Å². The Morgan fingerprint density at radius 2 is 1.77 bits per heavy atom. The first-order valence-corrected chi connectivity index (χ1v) is 7.50. The normalized spacial score (nSPS) is 12.9. The molecule has 0 bridgehead atoms. The summed E-state index contributed by atoms with van der Waals surface area (Å²) in [5, 5.41) is 5.65. The third kappa shape index (κ3) is 4.84. The fourth-order valence-electron chi connectivity index (χ4n) is 1.95. The highest BCUT2D eigenvalue weighted by molar-refractivity contribution is 5.98. The number of hydrogen-bond donors (Lipinski definition) is 3. The summed E-state index contributed by atoms with van der Waals surface area (Å²) in [6.07, 6.45) is 0. The van der Waals surface area contributed by atoms with Crippen LogP contribution in [0.4, 0.5) is 5.69 Å². The number of carbonyl (C=O) groups excluding carboxylic acids is 2. The van der Waals surface area contributed by atoms with E-state index in [0.29, 0.717) is 11.3 Å². The summed E-state index contributed by atoms with van der Waals surface area (Å²) in [7, 11) is 0. The molecule has 1 atom stereocenters. The molecule has 0 unspecified atom stereocenters. The smallest absolute Gasteiger partial charge is 0.251 e. The Kier molecular flexibility index (Phi) is 5.72. The molecule has 5 heteroatoms. The Balaban J connectivity index is 2.86. The minimum Gasteiger partial charge on any atom is -0.350 e. The standard InChI is InChI=1S/C17H27N3O2/c1-10(2)19-15(21)13-8-7-12(9-11(13)3)20-16(22)14(18)17(4,5)6/h7-10,14H,18H2,1-6H3,(H,19,21)(H,20,22)/t14-/m1/s1. The zero-order chi connectivity index (χ0) is 17.1. The Morgan fingerprint density at radius 1 is 1.18 bits per heavy atom. The number of anilines is 1. The van der Waals surface area contributed by atoms with Gasteiger partial charge >= 0.3 is 0 Å². The highest BCUT2D eigenvalue weighted by Gasteiger charge is 2.27. The van der Waals surface area contributed by atoms with Gasteiger partial charge in [-0.25, -0.2) is 0 Å². The van der Waals surface area contributed by atoms with Crippen molar-refractivity contribution in [3.63, 3.8) is 0 Å². The predicted molar refractivity (Wildman–Crippen MR) is 89.8 cm³/mol. The van der Waals surface area contributed by atoms with E-state index >= 15 is 0 Å². The fourth-order valence-corrected chi connectivity index (χ4v) is 1.95. The number of carbonyl (C=O) groups is 2. The van der Waals surface area contributed by atoms with Gasteiger partial charge in [-0.2, -0.15) is 0 Å². The molecule has 122 valence electrons. The maximum absolute atomic E-state index is 12.1. The van der Waals surface area contributed by atoms with Crippen LogP contribution in [0.2, 0.25) is 0 Å². The molecule has 0 spiro atoms. The summed E-state index contributed by atoms with van der Waals surface area (Å²) in [6, 6.07) is 4.69. The molecule has 0 aromatic heterocycles. The first-order valence-electron chi connectivity index (χ1n) is 7.50. The molecule has 22 heavy (non-hydrogen) atoms. The molecule has 1 aromatic rings. The van der Waals surface area contributed by atoms with E-state index in [1.165, 1.54) is 0 Å². The fraction of sp³-hybridized carbons (Fsp3) is 0.529. The number of rotatable bonds is 4. The minimum atomic E-state index is -0.600. The van der Waals surface area contributed by atoms with Crippen LogP contribution in [0.3, 0.4) is 0 Å². The van der Waals surface area contributed by atoms with Gasteiger partial charge < -0.3 is 16.4 Å². The molecule has 0 saturated heterocycles. The summed E-state index contributed by atoms with van der Waals surface area (Å²) in [4.78, 5) is 24.1. The van der Waals surface area contributed by atoms with Crippen molar-refractivity contribution in [1.29, 1.82) is 0 Å². The van der Waals surface area contributed by atoms with Crippen molar-refractivity contribution in [2.24, 2.45) is 11.1 Å². The SMILES string of the molecule is Cc1cc(NC(=O)[C@@H](N)C(C)(C)C)ccc1C(=O)NC(C)C. The Bertz CT molecular complexity index is 560. The second-order valence-electron chi connectivity index (χ2n) is 6.99. The maximum Gasteiger partial charge on any atom is 0.251 e. The average molecular weight is 305 g/mol. The van der Waals surface area contributed by atoms with Gasteiger partial charge in [0.15, 0.2) is 0 Å². The number of nitrogens with one attached hydrogen (secondary N) is 2. The van der Waals surface area contributed by atoms with E-state index in [1.807, 2.05) is 41.5 Å².